The summed E-state index contributed by atoms with van der Waals surface area (Å²) in [6, 6.07) is 0. The molecule has 2 aliphatic heterocycles. The number of aliphatic imine (C=N–C) groups is 1. The van der Waals surface area contributed by atoms with Crippen molar-refractivity contribution in [3.8, 4) is 0 Å². The van der Waals surface area contributed by atoms with Gasteiger partial charge in [0.15, 0.2) is 30.3 Å². The van der Waals surface area contributed by atoms with E-state index in [9.17, 15) is 24.3 Å². The van der Waals surface area contributed by atoms with Gasteiger partial charge >= 0.3 is 23.9 Å². The summed E-state index contributed by atoms with van der Waals surface area (Å²) in [6.45, 7) is 6.17. The van der Waals surface area contributed by atoms with Gasteiger partial charge in [0.1, 0.15) is 12.1 Å². The lowest BCUT2D eigenvalue weighted by Gasteiger charge is -2.42. The molecule has 0 aromatic carbocycles. The average Bonchev–Trinajstić information content (AvgIpc) is 2.88. The first-order valence-corrected chi connectivity index (χ1v) is 8.76. The number of hydrogen-bond acceptors (Lipinski definition) is 10. The molecule has 11 heteroatoms. The van der Waals surface area contributed by atoms with Crippen molar-refractivity contribution in [2.45, 2.75) is 64.6 Å². The molecular formula is C18H23NO10. The van der Waals surface area contributed by atoms with Crippen LogP contribution in [0.25, 0.3) is 0 Å². The maximum Gasteiger partial charge on any atom is 0.370 e. The Morgan fingerprint density at radius 1 is 1.14 bits per heavy atom. The summed E-state index contributed by atoms with van der Waals surface area (Å²) in [5, 5.41) is 9.40. The Labute approximate surface area is 166 Å². The average molecular weight is 413 g/mol. The predicted molar refractivity (Wildman–Crippen MR) is 94.7 cm³/mol. The van der Waals surface area contributed by atoms with E-state index >= 15 is 0 Å². The quantitative estimate of drug-likeness (QED) is 0.458. The number of aliphatic carboxylic acids is 1. The van der Waals surface area contributed by atoms with Gasteiger partial charge < -0.3 is 28.8 Å². The third kappa shape index (κ3) is 5.04. The van der Waals surface area contributed by atoms with Crippen LogP contribution < -0.4 is 0 Å². The number of esters is 3. The molecule has 160 valence electrons. The van der Waals surface area contributed by atoms with Crippen molar-refractivity contribution in [2.24, 2.45) is 4.99 Å². The summed E-state index contributed by atoms with van der Waals surface area (Å²) >= 11 is 0. The Kier molecular flexibility index (Phi) is 6.50. The van der Waals surface area contributed by atoms with Gasteiger partial charge in [0.2, 0.25) is 5.76 Å². The molecule has 0 radical (unpaired) electrons. The van der Waals surface area contributed by atoms with Gasteiger partial charge in [-0.25, -0.2) is 9.79 Å². The molecule has 0 amide bonds. The summed E-state index contributed by atoms with van der Waals surface area (Å²) in [5.41, 5.74) is -1.20. The van der Waals surface area contributed by atoms with E-state index < -0.39 is 66.2 Å². The van der Waals surface area contributed by atoms with E-state index in [0.717, 1.165) is 20.8 Å². The highest BCUT2D eigenvalue weighted by atomic mass is 16.6. The lowest BCUT2D eigenvalue weighted by Crippen LogP contribution is -2.60. The third-order valence-corrected chi connectivity index (χ3v) is 4.35. The Hall–Kier alpha value is -3.11. The number of rotatable bonds is 7. The van der Waals surface area contributed by atoms with E-state index in [4.69, 9.17) is 23.7 Å². The van der Waals surface area contributed by atoms with Crippen molar-refractivity contribution >= 4 is 29.8 Å². The van der Waals surface area contributed by atoms with Crippen LogP contribution in [0.3, 0.4) is 0 Å². The molecule has 0 unspecified atom stereocenters. The minimum atomic E-state index is -1.36. The zero-order chi connectivity index (χ0) is 21.9. The van der Waals surface area contributed by atoms with Crippen LogP contribution >= 0.6 is 0 Å². The van der Waals surface area contributed by atoms with Crippen molar-refractivity contribution in [3.63, 3.8) is 0 Å². The minimum Gasteiger partial charge on any atom is -0.476 e. The van der Waals surface area contributed by atoms with E-state index in [1.165, 1.54) is 6.08 Å². The smallest absolute Gasteiger partial charge is 0.370 e. The molecule has 11 nitrogen and oxygen atoms in total. The molecule has 0 saturated carbocycles. The van der Waals surface area contributed by atoms with Crippen LogP contribution in [0.4, 0.5) is 0 Å². The second kappa shape index (κ2) is 8.50. The fourth-order valence-electron chi connectivity index (χ4n) is 3.25. The number of carbonyl (C=O) groups is 4. The summed E-state index contributed by atoms with van der Waals surface area (Å²) in [5.74, 6) is -3.65. The van der Waals surface area contributed by atoms with Gasteiger partial charge in [0.25, 0.3) is 0 Å². The maximum atomic E-state index is 11.8. The number of nitrogens with zero attached hydrogens (tertiary/aromatic N) is 1. The van der Waals surface area contributed by atoms with E-state index in [1.807, 2.05) is 0 Å². The van der Waals surface area contributed by atoms with Crippen molar-refractivity contribution < 1.29 is 48.0 Å². The van der Waals surface area contributed by atoms with Crippen LogP contribution in [0.15, 0.2) is 16.8 Å². The highest BCUT2D eigenvalue weighted by Crippen LogP contribution is 2.40. The normalized spacial score (nSPS) is 27.1. The summed E-state index contributed by atoms with van der Waals surface area (Å²) in [6.07, 6.45) is -3.39. The Balaban J connectivity index is 2.50. The molecule has 0 aliphatic carbocycles. The molecule has 0 aromatic rings. The molecular weight excluding hydrogens is 390 g/mol. The lowest BCUT2D eigenvalue weighted by atomic mass is 9.82. The van der Waals surface area contributed by atoms with E-state index in [2.05, 4.69) is 4.99 Å². The molecule has 5 atom stereocenters. The first kappa shape index (κ1) is 22.2. The van der Waals surface area contributed by atoms with Gasteiger partial charge in [-0.3, -0.25) is 14.4 Å². The highest BCUT2D eigenvalue weighted by molar-refractivity contribution is 5.85. The van der Waals surface area contributed by atoms with Crippen LogP contribution in [0, 0.1) is 0 Å². The van der Waals surface area contributed by atoms with Crippen LogP contribution in [-0.4, -0.2) is 71.4 Å². The monoisotopic (exact) mass is 413 g/mol. The lowest BCUT2D eigenvalue weighted by molar-refractivity contribution is -0.192. The fourth-order valence-corrected chi connectivity index (χ4v) is 3.25. The van der Waals surface area contributed by atoms with Gasteiger partial charge in [-0.1, -0.05) is 0 Å². The first-order chi connectivity index (χ1) is 13.4. The molecule has 29 heavy (non-hydrogen) atoms. The first-order valence-electron chi connectivity index (χ1n) is 8.76. The zero-order valence-corrected chi connectivity index (χ0v) is 16.7. The third-order valence-electron chi connectivity index (χ3n) is 4.35. The van der Waals surface area contributed by atoms with Crippen molar-refractivity contribution in [1.82, 2.24) is 0 Å². The second-order valence-corrected chi connectivity index (χ2v) is 6.79. The van der Waals surface area contributed by atoms with Crippen LogP contribution in [0.5, 0.6) is 0 Å². The summed E-state index contributed by atoms with van der Waals surface area (Å²) < 4.78 is 26.7. The Morgan fingerprint density at radius 2 is 1.76 bits per heavy atom. The number of ether oxygens (including phenoxy) is 5. The minimum absolute atomic E-state index is 0.277. The molecule has 2 rings (SSSR count). The fraction of sp³-hybridized carbons (Fsp3) is 0.611. The summed E-state index contributed by atoms with van der Waals surface area (Å²) in [7, 11) is 0. The molecule has 1 N–H and O–H groups in total. The van der Waals surface area contributed by atoms with Crippen molar-refractivity contribution in [1.29, 1.82) is 0 Å². The largest absolute Gasteiger partial charge is 0.476 e. The summed E-state index contributed by atoms with van der Waals surface area (Å²) in [4.78, 5) is 50.6. The van der Waals surface area contributed by atoms with Gasteiger partial charge in [-0.2, -0.15) is 0 Å². The van der Waals surface area contributed by atoms with Crippen LogP contribution in [0.2, 0.25) is 0 Å². The number of carboxylic acid groups (broad SMARTS) is 1. The standard InChI is InChI=1S/C18H23NO10/c1-8-19-18(5)14(26-8)6-12(17(23)24)29-16(18)15(28-11(4)22)13(27-10(3)21)7-25-9(2)20/h6,13-16H,7H2,1-5H3,(H,23,24)/t13-,14-,15-,16+,18+/m1/s1. The zero-order valence-electron chi connectivity index (χ0n) is 16.7. The van der Waals surface area contributed by atoms with E-state index in [-0.39, 0.29) is 5.90 Å². The predicted octanol–water partition coefficient (Wildman–Crippen LogP) is 0.356. The SMILES string of the molecule is CC(=O)OC[C@@H](OC(C)=O)[C@@H](OC(C)=O)[C@@H]1OC(C(=O)O)=C[C@H]2OC(C)=N[C@@]21C. The topological polar surface area (TPSA) is 147 Å². The molecule has 2 aliphatic rings. The maximum absolute atomic E-state index is 11.8. The van der Waals surface area contributed by atoms with E-state index in [0.29, 0.717) is 0 Å². The number of carboxylic acids is 1. The molecule has 2 heterocycles. The Bertz CT molecular complexity index is 773. The molecule has 0 saturated heterocycles. The van der Waals surface area contributed by atoms with Crippen molar-refractivity contribution in [3.05, 3.63) is 11.8 Å². The van der Waals surface area contributed by atoms with Crippen molar-refractivity contribution in [2.75, 3.05) is 6.61 Å². The highest BCUT2D eigenvalue weighted by Gasteiger charge is 2.58. The second-order valence-electron chi connectivity index (χ2n) is 6.79. The number of carbonyl (C=O) groups excluding carboxylic acids is 3. The molecule has 0 fully saturated rings. The van der Waals surface area contributed by atoms with Gasteiger partial charge in [-0.05, 0) is 6.92 Å². The van der Waals surface area contributed by atoms with Crippen LogP contribution in [-0.2, 0) is 42.9 Å². The van der Waals surface area contributed by atoms with Gasteiger partial charge in [0, 0.05) is 33.8 Å². The van der Waals surface area contributed by atoms with Gasteiger partial charge in [-0.15, -0.1) is 0 Å². The molecule has 0 aromatic heterocycles. The number of hydrogen-bond donors (Lipinski definition) is 1. The molecule has 0 spiro atoms. The van der Waals surface area contributed by atoms with Gasteiger partial charge in [0.05, 0.1) is 0 Å². The number of fused-ring (bicyclic) bond motifs is 1. The molecule has 0 bridgehead atoms. The van der Waals surface area contributed by atoms with E-state index in [1.54, 1.807) is 13.8 Å². The van der Waals surface area contributed by atoms with Crippen LogP contribution in [0.1, 0.15) is 34.6 Å². The Morgan fingerprint density at radius 3 is 2.28 bits per heavy atom.